The summed E-state index contributed by atoms with van der Waals surface area (Å²) in [6.45, 7) is 6.62. The van der Waals surface area contributed by atoms with Crippen molar-refractivity contribution in [2.45, 2.75) is 367 Å². The van der Waals surface area contributed by atoms with Gasteiger partial charge in [-0.05, 0) is 70.6 Å². The number of allylic oxidation sites excluding steroid dienone is 6. The molecular formula is C68H126O6. The third kappa shape index (κ3) is 60.5. The van der Waals surface area contributed by atoms with Crippen LogP contribution in [-0.2, 0) is 28.6 Å². The summed E-state index contributed by atoms with van der Waals surface area (Å²) in [5.41, 5.74) is 0. The zero-order chi connectivity index (χ0) is 53.6. The minimum Gasteiger partial charge on any atom is -0.462 e. The molecule has 0 rings (SSSR count). The molecule has 0 amide bonds. The zero-order valence-corrected chi connectivity index (χ0v) is 49.9. The lowest BCUT2D eigenvalue weighted by Gasteiger charge is -2.18. The predicted octanol–water partition coefficient (Wildman–Crippen LogP) is 22.4. The first-order chi connectivity index (χ1) is 36.5. The van der Waals surface area contributed by atoms with Crippen molar-refractivity contribution < 1.29 is 28.6 Å². The number of carbonyl (C=O) groups is 3. The van der Waals surface area contributed by atoms with E-state index in [-0.39, 0.29) is 31.1 Å². The van der Waals surface area contributed by atoms with Crippen molar-refractivity contribution in [3.63, 3.8) is 0 Å². The van der Waals surface area contributed by atoms with Crippen LogP contribution in [0.2, 0.25) is 0 Å². The van der Waals surface area contributed by atoms with Gasteiger partial charge in [0.2, 0.25) is 0 Å². The van der Waals surface area contributed by atoms with Crippen molar-refractivity contribution in [1.29, 1.82) is 0 Å². The lowest BCUT2D eigenvalue weighted by atomic mass is 10.0. The molecule has 0 aromatic rings. The van der Waals surface area contributed by atoms with E-state index in [1.165, 1.54) is 231 Å². The lowest BCUT2D eigenvalue weighted by Crippen LogP contribution is -2.30. The van der Waals surface area contributed by atoms with Gasteiger partial charge in [0.15, 0.2) is 6.10 Å². The average molecular weight is 1040 g/mol. The van der Waals surface area contributed by atoms with E-state index in [1.54, 1.807) is 0 Å². The normalized spacial score (nSPS) is 12.2. The summed E-state index contributed by atoms with van der Waals surface area (Å²) in [7, 11) is 0. The van der Waals surface area contributed by atoms with Crippen molar-refractivity contribution in [2.24, 2.45) is 0 Å². The quantitative estimate of drug-likeness (QED) is 0.0261. The highest BCUT2D eigenvalue weighted by Gasteiger charge is 2.19. The Hall–Kier alpha value is -2.37. The highest BCUT2D eigenvalue weighted by atomic mass is 16.6. The fraction of sp³-hybridized carbons (Fsp3) is 0.868. The minimum absolute atomic E-state index is 0.0768. The first-order valence-electron chi connectivity index (χ1n) is 33.0. The van der Waals surface area contributed by atoms with E-state index >= 15 is 0 Å². The Morgan fingerprint density at radius 1 is 0.270 bits per heavy atom. The predicted molar refractivity (Wildman–Crippen MR) is 321 cm³/mol. The Labute approximate surface area is 461 Å². The van der Waals surface area contributed by atoms with E-state index in [0.29, 0.717) is 19.3 Å². The van der Waals surface area contributed by atoms with Gasteiger partial charge in [0.25, 0.3) is 0 Å². The van der Waals surface area contributed by atoms with E-state index < -0.39 is 6.10 Å². The maximum absolute atomic E-state index is 12.9. The van der Waals surface area contributed by atoms with Crippen molar-refractivity contribution >= 4 is 17.9 Å². The molecule has 0 aliphatic rings. The summed E-state index contributed by atoms with van der Waals surface area (Å²) in [6.07, 6.45) is 77.5. The van der Waals surface area contributed by atoms with E-state index in [2.05, 4.69) is 57.2 Å². The molecule has 0 aromatic heterocycles. The Balaban J connectivity index is 4.13. The van der Waals surface area contributed by atoms with Crippen LogP contribution < -0.4 is 0 Å². The third-order valence-electron chi connectivity index (χ3n) is 14.9. The molecule has 74 heavy (non-hydrogen) atoms. The number of rotatable bonds is 61. The second kappa shape index (κ2) is 63.2. The smallest absolute Gasteiger partial charge is 0.306 e. The van der Waals surface area contributed by atoms with Gasteiger partial charge in [-0.1, -0.05) is 308 Å². The third-order valence-corrected chi connectivity index (χ3v) is 14.9. The Kier molecular flexibility index (Phi) is 61.1. The number of hydrogen-bond acceptors (Lipinski definition) is 6. The zero-order valence-electron chi connectivity index (χ0n) is 49.9. The van der Waals surface area contributed by atoms with Crippen LogP contribution in [0.1, 0.15) is 361 Å². The van der Waals surface area contributed by atoms with Crippen LogP contribution in [0, 0.1) is 0 Å². The van der Waals surface area contributed by atoms with E-state index in [1.807, 2.05) is 0 Å². The van der Waals surface area contributed by atoms with Crippen LogP contribution in [0.5, 0.6) is 0 Å². The number of esters is 3. The molecular weight excluding hydrogens is 913 g/mol. The Bertz CT molecular complexity index is 1240. The molecule has 0 aromatic carbocycles. The van der Waals surface area contributed by atoms with Crippen LogP contribution in [0.4, 0.5) is 0 Å². The van der Waals surface area contributed by atoms with Crippen molar-refractivity contribution in [3.8, 4) is 0 Å². The fourth-order valence-electron chi connectivity index (χ4n) is 9.87. The second-order valence-electron chi connectivity index (χ2n) is 22.4. The van der Waals surface area contributed by atoms with Crippen molar-refractivity contribution in [1.82, 2.24) is 0 Å². The fourth-order valence-corrected chi connectivity index (χ4v) is 9.87. The van der Waals surface area contributed by atoms with Gasteiger partial charge in [0.05, 0.1) is 0 Å². The molecule has 0 fully saturated rings. The van der Waals surface area contributed by atoms with E-state index in [0.717, 1.165) is 89.9 Å². The van der Waals surface area contributed by atoms with Crippen LogP contribution >= 0.6 is 0 Å². The van der Waals surface area contributed by atoms with E-state index in [4.69, 9.17) is 14.2 Å². The highest BCUT2D eigenvalue weighted by Crippen LogP contribution is 2.18. The summed E-state index contributed by atoms with van der Waals surface area (Å²) in [6, 6.07) is 0. The molecule has 6 heteroatoms. The Morgan fingerprint density at radius 3 is 0.811 bits per heavy atom. The molecule has 0 spiro atoms. The largest absolute Gasteiger partial charge is 0.462 e. The standard InChI is InChI=1S/C68H126O6/c1-4-7-10-13-16-19-22-24-26-28-29-30-31-32-33-34-35-36-37-38-39-40-42-43-46-49-52-55-58-61-67(70)73-64-65(63-72-66(69)60-57-54-51-48-45-21-18-15-12-9-6-3)74-68(71)62-59-56-53-50-47-44-41-27-25-23-20-17-14-11-8-5-2/h15,18,20,23,27,41,65H,4-14,16-17,19,21-22,24-26,28-40,42-64H2,1-3H3/b18-15-,23-20-,41-27-. The first kappa shape index (κ1) is 71.6. The molecule has 434 valence electrons. The monoisotopic (exact) mass is 1040 g/mol. The topological polar surface area (TPSA) is 78.9 Å². The maximum atomic E-state index is 12.9. The minimum atomic E-state index is -0.781. The van der Waals surface area contributed by atoms with Crippen molar-refractivity contribution in [2.75, 3.05) is 13.2 Å². The van der Waals surface area contributed by atoms with Gasteiger partial charge >= 0.3 is 17.9 Å². The van der Waals surface area contributed by atoms with Gasteiger partial charge in [-0.15, -0.1) is 0 Å². The van der Waals surface area contributed by atoms with Gasteiger partial charge in [-0.3, -0.25) is 14.4 Å². The molecule has 0 radical (unpaired) electrons. The van der Waals surface area contributed by atoms with Gasteiger partial charge in [0, 0.05) is 19.3 Å². The molecule has 0 aliphatic heterocycles. The molecule has 0 aliphatic carbocycles. The SMILES string of the molecule is CCCC/C=C\CCCCCCCC(=O)OCC(COC(=O)CCCCCCCCCCCCCCCCCCCCCCCCCCCCCCC)OC(=O)CCCCCCC/C=C\C/C=C\CCCCCC. The summed E-state index contributed by atoms with van der Waals surface area (Å²) >= 11 is 0. The molecule has 0 heterocycles. The van der Waals surface area contributed by atoms with Crippen LogP contribution in [0.25, 0.3) is 0 Å². The van der Waals surface area contributed by atoms with Gasteiger partial charge in [-0.25, -0.2) is 0 Å². The summed E-state index contributed by atoms with van der Waals surface area (Å²) < 4.78 is 16.9. The Morgan fingerprint density at radius 2 is 0.500 bits per heavy atom. The van der Waals surface area contributed by atoms with Gasteiger partial charge in [0.1, 0.15) is 13.2 Å². The summed E-state index contributed by atoms with van der Waals surface area (Å²) in [5.74, 6) is -0.881. The molecule has 6 nitrogen and oxygen atoms in total. The summed E-state index contributed by atoms with van der Waals surface area (Å²) in [4.78, 5) is 38.2. The molecule has 0 saturated heterocycles. The first-order valence-corrected chi connectivity index (χ1v) is 33.0. The average Bonchev–Trinajstić information content (AvgIpc) is 3.40. The van der Waals surface area contributed by atoms with Gasteiger partial charge < -0.3 is 14.2 Å². The molecule has 1 unspecified atom stereocenters. The second-order valence-corrected chi connectivity index (χ2v) is 22.4. The maximum Gasteiger partial charge on any atom is 0.306 e. The van der Waals surface area contributed by atoms with Crippen LogP contribution in [0.15, 0.2) is 36.5 Å². The lowest BCUT2D eigenvalue weighted by molar-refractivity contribution is -0.167. The molecule has 0 N–H and O–H groups in total. The van der Waals surface area contributed by atoms with Crippen LogP contribution in [-0.4, -0.2) is 37.2 Å². The summed E-state index contributed by atoms with van der Waals surface area (Å²) in [5, 5.41) is 0. The number of ether oxygens (including phenoxy) is 3. The van der Waals surface area contributed by atoms with Gasteiger partial charge in [-0.2, -0.15) is 0 Å². The molecule has 0 saturated carbocycles. The molecule has 1 atom stereocenters. The highest BCUT2D eigenvalue weighted by molar-refractivity contribution is 5.71. The van der Waals surface area contributed by atoms with E-state index in [9.17, 15) is 14.4 Å². The number of carbonyl (C=O) groups excluding carboxylic acids is 3. The number of hydrogen-bond donors (Lipinski definition) is 0. The van der Waals surface area contributed by atoms with Crippen molar-refractivity contribution in [3.05, 3.63) is 36.5 Å². The van der Waals surface area contributed by atoms with Crippen LogP contribution in [0.3, 0.4) is 0 Å². The number of unbranched alkanes of at least 4 members (excludes halogenated alkanes) is 44. The molecule has 0 bridgehead atoms.